The molecule has 1 atom stereocenters. The Balaban J connectivity index is 1.48. The van der Waals surface area contributed by atoms with E-state index in [-0.39, 0.29) is 0 Å². The predicted octanol–water partition coefficient (Wildman–Crippen LogP) is 3.93. The summed E-state index contributed by atoms with van der Waals surface area (Å²) in [7, 11) is 0. The van der Waals surface area contributed by atoms with Crippen molar-refractivity contribution >= 4 is 5.69 Å². The van der Waals surface area contributed by atoms with Crippen molar-refractivity contribution in [3.05, 3.63) is 29.3 Å². The maximum absolute atomic E-state index is 12.1. The van der Waals surface area contributed by atoms with Gasteiger partial charge in [0.2, 0.25) is 0 Å². The van der Waals surface area contributed by atoms with E-state index in [4.69, 9.17) is 0 Å². The number of nitrogens with one attached hydrogen (secondary N) is 1. The molecule has 5 heteroatoms. The van der Waals surface area contributed by atoms with Crippen LogP contribution < -0.4 is 10.2 Å². The van der Waals surface area contributed by atoms with Gasteiger partial charge in [0.15, 0.2) is 0 Å². The van der Waals surface area contributed by atoms with E-state index in [1.165, 1.54) is 42.5 Å². The van der Waals surface area contributed by atoms with Gasteiger partial charge in [-0.2, -0.15) is 13.2 Å². The lowest BCUT2D eigenvalue weighted by Gasteiger charge is -2.23. The van der Waals surface area contributed by atoms with Gasteiger partial charge in [0.1, 0.15) is 0 Å². The zero-order chi connectivity index (χ0) is 16.3. The van der Waals surface area contributed by atoms with E-state index in [0.717, 1.165) is 25.9 Å². The van der Waals surface area contributed by atoms with E-state index < -0.39 is 12.7 Å². The molecular formula is C18H25F3N2. The van der Waals surface area contributed by atoms with Gasteiger partial charge in [-0.15, -0.1) is 0 Å². The fourth-order valence-corrected chi connectivity index (χ4v) is 3.76. The smallest absolute Gasteiger partial charge is 0.371 e. The second-order valence-corrected chi connectivity index (χ2v) is 6.84. The summed E-state index contributed by atoms with van der Waals surface area (Å²) >= 11 is 0. The molecule has 1 saturated heterocycles. The first-order chi connectivity index (χ1) is 11.0. The molecule has 1 N–H and O–H groups in total. The maximum Gasteiger partial charge on any atom is 0.401 e. The van der Waals surface area contributed by atoms with Crippen LogP contribution in [0.4, 0.5) is 18.9 Å². The third-order valence-electron chi connectivity index (χ3n) is 5.04. The van der Waals surface area contributed by atoms with Crippen LogP contribution in [0.2, 0.25) is 0 Å². The third kappa shape index (κ3) is 4.63. The van der Waals surface area contributed by atoms with Crippen molar-refractivity contribution in [1.82, 2.24) is 5.32 Å². The van der Waals surface area contributed by atoms with Crippen molar-refractivity contribution in [2.45, 2.75) is 44.7 Å². The lowest BCUT2D eigenvalue weighted by molar-refractivity contribution is -0.124. The monoisotopic (exact) mass is 326 g/mol. The molecule has 1 heterocycles. The highest BCUT2D eigenvalue weighted by molar-refractivity contribution is 5.52. The molecule has 2 nitrogen and oxygen atoms in total. The summed E-state index contributed by atoms with van der Waals surface area (Å²) in [6, 6.07) is 6.81. The number of fused-ring (bicyclic) bond motifs is 1. The van der Waals surface area contributed by atoms with Crippen LogP contribution in [-0.2, 0) is 12.8 Å². The average Bonchev–Trinajstić information content (AvgIpc) is 2.99. The van der Waals surface area contributed by atoms with Crippen molar-refractivity contribution in [3.63, 3.8) is 0 Å². The Morgan fingerprint density at radius 2 is 1.91 bits per heavy atom. The Kier molecular flexibility index (Phi) is 5.14. The Morgan fingerprint density at radius 1 is 1.13 bits per heavy atom. The molecule has 1 aliphatic heterocycles. The van der Waals surface area contributed by atoms with E-state index in [2.05, 4.69) is 28.4 Å². The standard InChI is InChI=1S/C18H25F3N2/c19-18(20,21)13-22-9-7-14-8-10-23(12-14)17-6-5-15-3-1-2-4-16(15)11-17/h5-6,11,14,22H,1-4,7-10,12-13H2. The van der Waals surface area contributed by atoms with E-state index in [1.807, 2.05) is 0 Å². The topological polar surface area (TPSA) is 15.3 Å². The highest BCUT2D eigenvalue weighted by Crippen LogP contribution is 2.30. The summed E-state index contributed by atoms with van der Waals surface area (Å²) in [5.41, 5.74) is 4.27. The number of hydrogen-bond donors (Lipinski definition) is 1. The second-order valence-electron chi connectivity index (χ2n) is 6.84. The summed E-state index contributed by atoms with van der Waals surface area (Å²) in [5, 5.41) is 2.50. The molecule has 1 aromatic carbocycles. The highest BCUT2D eigenvalue weighted by Gasteiger charge is 2.27. The van der Waals surface area contributed by atoms with Crippen LogP contribution in [0.15, 0.2) is 18.2 Å². The minimum atomic E-state index is -4.11. The molecule has 0 aromatic heterocycles. The summed E-state index contributed by atoms with van der Waals surface area (Å²) in [5.74, 6) is 0.492. The first kappa shape index (κ1) is 16.6. The van der Waals surface area contributed by atoms with E-state index in [1.54, 1.807) is 0 Å². The summed E-state index contributed by atoms with van der Waals surface area (Å²) in [6.07, 6.45) is 2.74. The Hall–Kier alpha value is -1.23. The van der Waals surface area contributed by atoms with Crippen LogP contribution in [0, 0.1) is 5.92 Å². The number of hydrogen-bond acceptors (Lipinski definition) is 2. The van der Waals surface area contributed by atoms with Crippen molar-refractivity contribution < 1.29 is 13.2 Å². The number of benzene rings is 1. The summed E-state index contributed by atoms with van der Waals surface area (Å²) < 4.78 is 36.3. The first-order valence-electron chi connectivity index (χ1n) is 8.65. The van der Waals surface area contributed by atoms with E-state index in [0.29, 0.717) is 12.5 Å². The average molecular weight is 326 g/mol. The molecule has 0 bridgehead atoms. The molecule has 0 amide bonds. The number of alkyl halides is 3. The van der Waals surface area contributed by atoms with Crippen LogP contribution in [0.1, 0.15) is 36.8 Å². The molecule has 1 unspecified atom stereocenters. The molecule has 1 aromatic rings. The van der Waals surface area contributed by atoms with Crippen molar-refractivity contribution in [2.75, 3.05) is 31.1 Å². The minimum Gasteiger partial charge on any atom is -0.371 e. The van der Waals surface area contributed by atoms with Crippen LogP contribution >= 0.6 is 0 Å². The Bertz CT molecular complexity index is 527. The fourth-order valence-electron chi connectivity index (χ4n) is 3.76. The fraction of sp³-hybridized carbons (Fsp3) is 0.667. The van der Waals surface area contributed by atoms with Gasteiger partial charge in [0, 0.05) is 18.8 Å². The first-order valence-corrected chi connectivity index (χ1v) is 8.65. The SMILES string of the molecule is FC(F)(F)CNCCC1CCN(c2ccc3c(c2)CCCC3)C1. The largest absolute Gasteiger partial charge is 0.401 e. The Labute approximate surface area is 136 Å². The van der Waals surface area contributed by atoms with Crippen molar-refractivity contribution in [3.8, 4) is 0 Å². The van der Waals surface area contributed by atoms with Crippen molar-refractivity contribution in [1.29, 1.82) is 0 Å². The van der Waals surface area contributed by atoms with Gasteiger partial charge >= 0.3 is 6.18 Å². The summed E-state index contributed by atoms with van der Waals surface area (Å²) in [4.78, 5) is 2.39. The van der Waals surface area contributed by atoms with Gasteiger partial charge < -0.3 is 10.2 Å². The number of aryl methyl sites for hydroxylation is 2. The number of nitrogens with zero attached hydrogens (tertiary/aromatic N) is 1. The lowest BCUT2D eigenvalue weighted by atomic mass is 9.91. The van der Waals surface area contributed by atoms with Gasteiger partial charge in [-0.1, -0.05) is 6.07 Å². The number of anilines is 1. The molecule has 1 fully saturated rings. The number of halogens is 3. The molecule has 0 saturated carbocycles. The molecule has 2 aliphatic rings. The maximum atomic E-state index is 12.1. The van der Waals surface area contributed by atoms with Crippen LogP contribution in [0.3, 0.4) is 0 Å². The van der Waals surface area contributed by atoms with Gasteiger partial charge in [0.05, 0.1) is 6.54 Å². The predicted molar refractivity (Wildman–Crippen MR) is 86.9 cm³/mol. The highest BCUT2D eigenvalue weighted by atomic mass is 19.4. The molecule has 128 valence electrons. The minimum absolute atomic E-state index is 0.447. The van der Waals surface area contributed by atoms with E-state index >= 15 is 0 Å². The van der Waals surface area contributed by atoms with E-state index in [9.17, 15) is 13.2 Å². The third-order valence-corrected chi connectivity index (χ3v) is 5.04. The Morgan fingerprint density at radius 3 is 2.70 bits per heavy atom. The van der Waals surface area contributed by atoms with Crippen LogP contribution in [0.5, 0.6) is 0 Å². The molecule has 0 radical (unpaired) electrons. The molecule has 23 heavy (non-hydrogen) atoms. The number of rotatable bonds is 5. The van der Waals surface area contributed by atoms with Crippen molar-refractivity contribution in [2.24, 2.45) is 5.92 Å². The zero-order valence-corrected chi connectivity index (χ0v) is 13.5. The quantitative estimate of drug-likeness (QED) is 0.825. The molecule has 3 rings (SSSR count). The van der Waals surface area contributed by atoms with Gasteiger partial charge in [0.25, 0.3) is 0 Å². The normalized spacial score (nSPS) is 21.5. The zero-order valence-electron chi connectivity index (χ0n) is 13.5. The molecular weight excluding hydrogens is 301 g/mol. The molecule has 0 spiro atoms. The van der Waals surface area contributed by atoms with Crippen LogP contribution in [-0.4, -0.2) is 32.4 Å². The summed E-state index contributed by atoms with van der Waals surface area (Å²) in [6.45, 7) is 1.55. The van der Waals surface area contributed by atoms with Gasteiger partial charge in [-0.05, 0) is 74.2 Å². The van der Waals surface area contributed by atoms with Gasteiger partial charge in [-0.3, -0.25) is 0 Å². The van der Waals surface area contributed by atoms with Gasteiger partial charge in [-0.25, -0.2) is 0 Å². The lowest BCUT2D eigenvalue weighted by Crippen LogP contribution is -2.30. The second kappa shape index (κ2) is 7.12. The molecule has 1 aliphatic carbocycles. The van der Waals surface area contributed by atoms with Crippen LogP contribution in [0.25, 0.3) is 0 Å².